The van der Waals surface area contributed by atoms with Gasteiger partial charge in [0.2, 0.25) is 0 Å². The number of benzene rings is 1. The molecule has 0 saturated carbocycles. The average molecular weight is 213 g/mol. The molecule has 1 rings (SSSR count). The van der Waals surface area contributed by atoms with Gasteiger partial charge in [-0.2, -0.15) is 0 Å². The SMILES string of the molecule is CCC(C)CSc1ccc(F)cc1N. The van der Waals surface area contributed by atoms with Crippen molar-refractivity contribution in [2.75, 3.05) is 11.5 Å². The van der Waals surface area contributed by atoms with Gasteiger partial charge in [0, 0.05) is 16.3 Å². The molecule has 1 atom stereocenters. The van der Waals surface area contributed by atoms with Gasteiger partial charge >= 0.3 is 0 Å². The summed E-state index contributed by atoms with van der Waals surface area (Å²) in [6.45, 7) is 4.37. The van der Waals surface area contributed by atoms with Gasteiger partial charge in [0.15, 0.2) is 0 Å². The van der Waals surface area contributed by atoms with Crippen molar-refractivity contribution in [3.63, 3.8) is 0 Å². The predicted octanol–water partition coefficient (Wildman–Crippen LogP) is 3.55. The molecular weight excluding hydrogens is 197 g/mol. The van der Waals surface area contributed by atoms with E-state index >= 15 is 0 Å². The minimum absolute atomic E-state index is 0.268. The van der Waals surface area contributed by atoms with Crippen molar-refractivity contribution in [1.82, 2.24) is 0 Å². The van der Waals surface area contributed by atoms with Crippen molar-refractivity contribution >= 4 is 17.4 Å². The first kappa shape index (κ1) is 11.4. The van der Waals surface area contributed by atoms with Crippen molar-refractivity contribution in [2.24, 2.45) is 5.92 Å². The summed E-state index contributed by atoms with van der Waals surface area (Å²) >= 11 is 1.70. The third-order valence-electron chi connectivity index (χ3n) is 2.19. The average Bonchev–Trinajstić information content (AvgIpc) is 2.16. The van der Waals surface area contributed by atoms with Crippen molar-refractivity contribution in [3.05, 3.63) is 24.0 Å². The molecule has 1 aromatic carbocycles. The molecule has 1 nitrogen and oxygen atoms in total. The molecule has 14 heavy (non-hydrogen) atoms. The Hall–Kier alpha value is -0.700. The Morgan fingerprint density at radius 1 is 1.50 bits per heavy atom. The van der Waals surface area contributed by atoms with Crippen LogP contribution in [0.3, 0.4) is 0 Å². The van der Waals surface area contributed by atoms with Crippen LogP contribution in [0.5, 0.6) is 0 Å². The van der Waals surface area contributed by atoms with Crippen molar-refractivity contribution in [2.45, 2.75) is 25.2 Å². The van der Waals surface area contributed by atoms with Crippen LogP contribution in [-0.4, -0.2) is 5.75 Å². The first-order valence-corrected chi connectivity index (χ1v) is 5.80. The van der Waals surface area contributed by atoms with Gasteiger partial charge in [-0.3, -0.25) is 0 Å². The summed E-state index contributed by atoms with van der Waals surface area (Å²) < 4.78 is 12.7. The molecule has 3 heteroatoms. The van der Waals surface area contributed by atoms with Gasteiger partial charge in [-0.1, -0.05) is 20.3 Å². The van der Waals surface area contributed by atoms with Gasteiger partial charge in [-0.25, -0.2) is 4.39 Å². The third-order valence-corrected chi connectivity index (χ3v) is 3.61. The molecular formula is C11H16FNS. The highest BCUT2D eigenvalue weighted by Gasteiger charge is 2.04. The first-order valence-electron chi connectivity index (χ1n) is 4.81. The largest absolute Gasteiger partial charge is 0.398 e. The van der Waals surface area contributed by atoms with Crippen LogP contribution in [0, 0.1) is 11.7 Å². The lowest BCUT2D eigenvalue weighted by Gasteiger charge is -2.09. The van der Waals surface area contributed by atoms with Crippen molar-refractivity contribution in [3.8, 4) is 0 Å². The summed E-state index contributed by atoms with van der Waals surface area (Å²) in [6.07, 6.45) is 1.16. The minimum Gasteiger partial charge on any atom is -0.398 e. The number of thioether (sulfide) groups is 1. The summed E-state index contributed by atoms with van der Waals surface area (Å²) in [5, 5.41) is 0. The highest BCUT2D eigenvalue weighted by molar-refractivity contribution is 7.99. The smallest absolute Gasteiger partial charge is 0.125 e. The van der Waals surface area contributed by atoms with Gasteiger partial charge in [-0.15, -0.1) is 11.8 Å². The zero-order valence-electron chi connectivity index (χ0n) is 8.59. The summed E-state index contributed by atoms with van der Waals surface area (Å²) in [5.41, 5.74) is 6.23. The molecule has 0 fully saturated rings. The Morgan fingerprint density at radius 3 is 2.79 bits per heavy atom. The Morgan fingerprint density at radius 2 is 2.21 bits per heavy atom. The molecule has 2 N–H and O–H groups in total. The van der Waals surface area contributed by atoms with Gasteiger partial charge < -0.3 is 5.73 Å². The van der Waals surface area contributed by atoms with E-state index in [1.807, 2.05) is 0 Å². The van der Waals surface area contributed by atoms with Crippen LogP contribution < -0.4 is 5.73 Å². The Bertz CT molecular complexity index is 301. The normalized spacial score (nSPS) is 12.8. The molecule has 0 heterocycles. The fourth-order valence-electron chi connectivity index (χ4n) is 1.00. The summed E-state index contributed by atoms with van der Waals surface area (Å²) in [4.78, 5) is 0.978. The second kappa shape index (κ2) is 5.25. The molecule has 1 unspecified atom stereocenters. The topological polar surface area (TPSA) is 26.0 Å². The van der Waals surface area contributed by atoms with Crippen molar-refractivity contribution in [1.29, 1.82) is 0 Å². The number of nitrogens with two attached hydrogens (primary N) is 1. The molecule has 0 radical (unpaired) electrons. The van der Waals surface area contributed by atoms with Gasteiger partial charge in [0.1, 0.15) is 5.82 Å². The van der Waals surface area contributed by atoms with E-state index in [1.165, 1.54) is 12.1 Å². The van der Waals surface area contributed by atoms with Crippen LogP contribution in [-0.2, 0) is 0 Å². The van der Waals surface area contributed by atoms with Crippen LogP contribution in [0.4, 0.5) is 10.1 Å². The molecule has 0 bridgehead atoms. The molecule has 0 aliphatic carbocycles. The zero-order valence-corrected chi connectivity index (χ0v) is 9.40. The summed E-state index contributed by atoms with van der Waals surface area (Å²) in [7, 11) is 0. The van der Waals surface area contributed by atoms with Gasteiger partial charge in [0.25, 0.3) is 0 Å². The monoisotopic (exact) mass is 213 g/mol. The fourth-order valence-corrected chi connectivity index (χ4v) is 2.09. The van der Waals surface area contributed by atoms with Gasteiger partial charge in [0.05, 0.1) is 0 Å². The van der Waals surface area contributed by atoms with Crippen LogP contribution in [0.2, 0.25) is 0 Å². The molecule has 0 aromatic heterocycles. The molecule has 0 aliphatic heterocycles. The lowest BCUT2D eigenvalue weighted by molar-refractivity contribution is 0.627. The van der Waals surface area contributed by atoms with E-state index < -0.39 is 0 Å². The quantitative estimate of drug-likeness (QED) is 0.611. The standard InChI is InChI=1S/C11H16FNS/c1-3-8(2)7-14-11-5-4-9(12)6-10(11)13/h4-6,8H,3,7,13H2,1-2H3. The van der Waals surface area contributed by atoms with E-state index in [9.17, 15) is 4.39 Å². The maximum absolute atomic E-state index is 12.7. The van der Waals surface area contributed by atoms with Crippen LogP contribution in [0.1, 0.15) is 20.3 Å². The van der Waals surface area contributed by atoms with E-state index in [0.717, 1.165) is 17.1 Å². The molecule has 0 spiro atoms. The Balaban J connectivity index is 2.59. The third kappa shape index (κ3) is 3.22. The molecule has 0 aliphatic rings. The maximum Gasteiger partial charge on any atom is 0.125 e. The second-order valence-corrected chi connectivity index (χ2v) is 4.57. The lowest BCUT2D eigenvalue weighted by atomic mass is 10.2. The molecule has 0 amide bonds. The van der Waals surface area contributed by atoms with E-state index in [1.54, 1.807) is 17.8 Å². The highest BCUT2D eigenvalue weighted by Crippen LogP contribution is 2.27. The zero-order chi connectivity index (χ0) is 10.6. The molecule has 0 saturated heterocycles. The summed E-state index contributed by atoms with van der Waals surface area (Å²) in [6, 6.07) is 4.58. The number of rotatable bonds is 4. The van der Waals surface area contributed by atoms with Crippen LogP contribution in [0.25, 0.3) is 0 Å². The Kier molecular flexibility index (Phi) is 4.26. The van der Waals surface area contributed by atoms with E-state index in [2.05, 4.69) is 13.8 Å². The van der Waals surface area contributed by atoms with Gasteiger partial charge in [-0.05, 0) is 24.1 Å². The fraction of sp³-hybridized carbons (Fsp3) is 0.455. The first-order chi connectivity index (χ1) is 6.63. The second-order valence-electron chi connectivity index (χ2n) is 3.51. The highest BCUT2D eigenvalue weighted by atomic mass is 32.2. The lowest BCUT2D eigenvalue weighted by Crippen LogP contribution is -1.97. The Labute approximate surface area is 88.9 Å². The summed E-state index contributed by atoms with van der Waals surface area (Å²) in [5.74, 6) is 1.44. The number of nitrogen functional groups attached to an aromatic ring is 1. The minimum atomic E-state index is -0.268. The van der Waals surface area contributed by atoms with Crippen LogP contribution >= 0.6 is 11.8 Å². The van der Waals surface area contributed by atoms with Crippen molar-refractivity contribution < 1.29 is 4.39 Å². The predicted molar refractivity (Wildman–Crippen MR) is 61.0 cm³/mol. The molecule has 1 aromatic rings. The molecule has 78 valence electrons. The number of halogens is 1. The van der Waals surface area contributed by atoms with Crippen LogP contribution in [0.15, 0.2) is 23.1 Å². The number of hydrogen-bond acceptors (Lipinski definition) is 2. The van der Waals surface area contributed by atoms with E-state index in [4.69, 9.17) is 5.73 Å². The number of anilines is 1. The maximum atomic E-state index is 12.7. The van der Waals surface area contributed by atoms with E-state index in [0.29, 0.717) is 11.6 Å². The number of hydrogen-bond donors (Lipinski definition) is 1. The van der Waals surface area contributed by atoms with E-state index in [-0.39, 0.29) is 5.82 Å².